The zero-order valence-corrected chi connectivity index (χ0v) is 18.8. The average molecular weight is 448 g/mol. The molecule has 164 valence electrons. The fourth-order valence-electron chi connectivity index (χ4n) is 3.64. The van der Waals surface area contributed by atoms with Crippen molar-refractivity contribution in [3.05, 3.63) is 94.8 Å². The van der Waals surface area contributed by atoms with Crippen LogP contribution in [0.2, 0.25) is 5.02 Å². The van der Waals surface area contributed by atoms with Crippen LogP contribution >= 0.6 is 11.6 Å². The summed E-state index contributed by atoms with van der Waals surface area (Å²) in [6.45, 7) is 3.89. The zero-order valence-electron chi connectivity index (χ0n) is 18.1. The summed E-state index contributed by atoms with van der Waals surface area (Å²) in [6, 6.07) is 23.2. The molecular weight excluding hydrogens is 422 g/mol. The van der Waals surface area contributed by atoms with E-state index in [1.54, 1.807) is 24.3 Å². The van der Waals surface area contributed by atoms with E-state index in [0.717, 1.165) is 35.4 Å². The number of hydrogen-bond donors (Lipinski definition) is 1. The quantitative estimate of drug-likeness (QED) is 0.347. The number of benzene rings is 3. The van der Waals surface area contributed by atoms with Crippen molar-refractivity contribution in [1.29, 1.82) is 0 Å². The number of aromatic nitrogens is 2. The Labute approximate surface area is 193 Å². The van der Waals surface area contributed by atoms with E-state index in [9.17, 15) is 4.79 Å². The van der Waals surface area contributed by atoms with Crippen molar-refractivity contribution in [3.63, 3.8) is 0 Å². The van der Waals surface area contributed by atoms with Gasteiger partial charge in [0, 0.05) is 23.6 Å². The number of carbonyl (C=O) groups excluding carboxylic acids is 1. The van der Waals surface area contributed by atoms with Crippen LogP contribution < -0.4 is 10.1 Å². The molecule has 4 rings (SSSR count). The Balaban J connectivity index is 1.36. The standard InChI is InChI=1S/C26H26ClN3O2/c1-19-11-13-22(14-12-19)32-17-16-30-24-9-3-2-8-23(24)29-25(30)10-5-15-28-26(31)20-6-4-7-21(27)18-20/h2-4,6-9,11-14,18H,5,10,15-17H2,1H3,(H,28,31). The van der Waals surface area contributed by atoms with Gasteiger partial charge in [-0.25, -0.2) is 4.98 Å². The van der Waals surface area contributed by atoms with Crippen molar-refractivity contribution in [3.8, 4) is 5.75 Å². The molecule has 0 spiro atoms. The number of rotatable bonds is 9. The second kappa shape index (κ2) is 10.3. The molecule has 0 aliphatic heterocycles. The first-order chi connectivity index (χ1) is 15.6. The SMILES string of the molecule is Cc1ccc(OCCn2c(CCCNC(=O)c3cccc(Cl)c3)nc3ccccc32)cc1. The van der Waals surface area contributed by atoms with Crippen LogP contribution in [0.4, 0.5) is 0 Å². The van der Waals surface area contributed by atoms with Crippen LogP contribution in [0.1, 0.15) is 28.2 Å². The largest absolute Gasteiger partial charge is 0.492 e. The smallest absolute Gasteiger partial charge is 0.251 e. The van der Waals surface area contributed by atoms with Gasteiger partial charge < -0.3 is 14.6 Å². The van der Waals surface area contributed by atoms with Gasteiger partial charge in [-0.3, -0.25) is 4.79 Å². The molecule has 0 aliphatic rings. The van der Waals surface area contributed by atoms with Crippen molar-refractivity contribution < 1.29 is 9.53 Å². The molecule has 0 radical (unpaired) electrons. The first kappa shape index (κ1) is 21.9. The number of imidazole rings is 1. The molecule has 3 aromatic carbocycles. The predicted molar refractivity (Wildman–Crippen MR) is 129 cm³/mol. The molecule has 0 fully saturated rings. The van der Waals surface area contributed by atoms with Gasteiger partial charge >= 0.3 is 0 Å². The van der Waals surface area contributed by atoms with Gasteiger partial charge in [0.05, 0.1) is 17.6 Å². The highest BCUT2D eigenvalue weighted by Gasteiger charge is 2.11. The molecule has 6 heteroatoms. The molecule has 32 heavy (non-hydrogen) atoms. The topological polar surface area (TPSA) is 56.1 Å². The maximum absolute atomic E-state index is 12.3. The summed E-state index contributed by atoms with van der Waals surface area (Å²) in [5.74, 6) is 1.74. The third kappa shape index (κ3) is 5.48. The second-order valence-electron chi connectivity index (χ2n) is 7.70. The van der Waals surface area contributed by atoms with Crippen molar-refractivity contribution in [2.75, 3.05) is 13.2 Å². The summed E-state index contributed by atoms with van der Waals surface area (Å²) < 4.78 is 8.15. The number of nitrogens with zero attached hydrogens (tertiary/aromatic N) is 2. The number of para-hydroxylation sites is 2. The molecule has 0 aliphatic carbocycles. The van der Waals surface area contributed by atoms with Crippen LogP contribution in [0.5, 0.6) is 5.75 Å². The summed E-state index contributed by atoms with van der Waals surface area (Å²) >= 11 is 5.97. The fraction of sp³-hybridized carbons (Fsp3) is 0.231. The molecule has 0 bridgehead atoms. The van der Waals surface area contributed by atoms with Crippen molar-refractivity contribution in [2.45, 2.75) is 26.3 Å². The van der Waals surface area contributed by atoms with E-state index < -0.39 is 0 Å². The van der Waals surface area contributed by atoms with E-state index in [1.165, 1.54) is 5.56 Å². The van der Waals surface area contributed by atoms with Crippen LogP contribution in [0.3, 0.4) is 0 Å². The van der Waals surface area contributed by atoms with Crippen LogP contribution in [0.15, 0.2) is 72.8 Å². The number of fused-ring (bicyclic) bond motifs is 1. The number of hydrogen-bond acceptors (Lipinski definition) is 3. The van der Waals surface area contributed by atoms with E-state index in [1.807, 2.05) is 42.5 Å². The van der Waals surface area contributed by atoms with E-state index in [2.05, 4.69) is 22.9 Å². The number of aryl methyl sites for hydroxylation is 2. The molecular formula is C26H26ClN3O2. The monoisotopic (exact) mass is 447 g/mol. The van der Waals surface area contributed by atoms with Gasteiger partial charge in [0.1, 0.15) is 18.2 Å². The Hall–Kier alpha value is -3.31. The molecule has 4 aromatic rings. The van der Waals surface area contributed by atoms with Gasteiger partial charge in [-0.2, -0.15) is 0 Å². The van der Waals surface area contributed by atoms with Gasteiger partial charge in [-0.05, 0) is 55.8 Å². The Morgan fingerprint density at radius 2 is 1.88 bits per heavy atom. The third-order valence-corrected chi connectivity index (χ3v) is 5.52. The molecule has 0 saturated heterocycles. The Morgan fingerprint density at radius 3 is 2.69 bits per heavy atom. The van der Waals surface area contributed by atoms with Gasteiger partial charge in [0.25, 0.3) is 5.91 Å². The first-order valence-electron chi connectivity index (χ1n) is 10.8. The van der Waals surface area contributed by atoms with E-state index in [4.69, 9.17) is 21.3 Å². The van der Waals surface area contributed by atoms with E-state index in [-0.39, 0.29) is 5.91 Å². The van der Waals surface area contributed by atoms with Crippen LogP contribution in [-0.2, 0) is 13.0 Å². The summed E-state index contributed by atoms with van der Waals surface area (Å²) in [7, 11) is 0. The first-order valence-corrected chi connectivity index (χ1v) is 11.2. The molecule has 0 atom stereocenters. The molecule has 5 nitrogen and oxygen atoms in total. The van der Waals surface area contributed by atoms with Gasteiger partial charge in [-0.15, -0.1) is 0 Å². The highest BCUT2D eigenvalue weighted by molar-refractivity contribution is 6.30. The summed E-state index contributed by atoms with van der Waals surface area (Å²) in [5.41, 5.74) is 3.85. The lowest BCUT2D eigenvalue weighted by molar-refractivity contribution is 0.0953. The van der Waals surface area contributed by atoms with Gasteiger partial charge in [0.2, 0.25) is 0 Å². The van der Waals surface area contributed by atoms with E-state index >= 15 is 0 Å². The highest BCUT2D eigenvalue weighted by atomic mass is 35.5. The lowest BCUT2D eigenvalue weighted by atomic mass is 10.2. The molecule has 1 aromatic heterocycles. The molecule has 0 saturated carbocycles. The van der Waals surface area contributed by atoms with Crippen molar-refractivity contribution in [2.24, 2.45) is 0 Å². The maximum atomic E-state index is 12.3. The second-order valence-corrected chi connectivity index (χ2v) is 8.14. The number of ether oxygens (including phenoxy) is 1. The Kier molecular flexibility index (Phi) is 7.07. The van der Waals surface area contributed by atoms with Gasteiger partial charge in [0.15, 0.2) is 0 Å². The minimum Gasteiger partial charge on any atom is -0.492 e. The number of halogens is 1. The lowest BCUT2D eigenvalue weighted by Crippen LogP contribution is -2.25. The Morgan fingerprint density at radius 1 is 1.06 bits per heavy atom. The van der Waals surface area contributed by atoms with Crippen LogP contribution in [0, 0.1) is 6.92 Å². The highest BCUT2D eigenvalue weighted by Crippen LogP contribution is 2.18. The number of nitrogens with one attached hydrogen (secondary N) is 1. The molecule has 1 heterocycles. The predicted octanol–water partition coefficient (Wildman–Crippen LogP) is 5.44. The fourth-order valence-corrected chi connectivity index (χ4v) is 3.83. The lowest BCUT2D eigenvalue weighted by Gasteiger charge is -2.11. The van der Waals surface area contributed by atoms with Crippen molar-refractivity contribution in [1.82, 2.24) is 14.9 Å². The van der Waals surface area contributed by atoms with Crippen LogP contribution in [0.25, 0.3) is 11.0 Å². The average Bonchev–Trinajstić information content (AvgIpc) is 3.15. The third-order valence-electron chi connectivity index (χ3n) is 5.29. The summed E-state index contributed by atoms with van der Waals surface area (Å²) in [4.78, 5) is 17.1. The molecule has 0 unspecified atom stereocenters. The number of amides is 1. The summed E-state index contributed by atoms with van der Waals surface area (Å²) in [5, 5.41) is 3.51. The minimum absolute atomic E-state index is 0.118. The minimum atomic E-state index is -0.118. The molecule has 1 N–H and O–H groups in total. The number of carbonyl (C=O) groups is 1. The molecule has 1 amide bonds. The van der Waals surface area contributed by atoms with E-state index in [0.29, 0.717) is 30.3 Å². The summed E-state index contributed by atoms with van der Waals surface area (Å²) in [6.07, 6.45) is 1.55. The normalized spacial score (nSPS) is 10.9. The van der Waals surface area contributed by atoms with Gasteiger partial charge in [-0.1, -0.05) is 47.5 Å². The van der Waals surface area contributed by atoms with Crippen LogP contribution in [-0.4, -0.2) is 28.6 Å². The Bertz CT molecular complexity index is 1200. The van der Waals surface area contributed by atoms with Crippen molar-refractivity contribution >= 4 is 28.5 Å². The maximum Gasteiger partial charge on any atom is 0.251 e. The zero-order chi connectivity index (χ0) is 22.3.